The van der Waals surface area contributed by atoms with E-state index in [9.17, 15) is 0 Å². The van der Waals surface area contributed by atoms with Crippen molar-refractivity contribution in [1.82, 2.24) is 0 Å². The van der Waals surface area contributed by atoms with Crippen LogP contribution in [0, 0.1) is 0 Å². The molecule has 0 saturated heterocycles. The van der Waals surface area contributed by atoms with Crippen LogP contribution in [-0.2, 0) is 0 Å². The van der Waals surface area contributed by atoms with Gasteiger partial charge in [-0.1, -0.05) is 43.9 Å². The highest BCUT2D eigenvalue weighted by atomic mass is 16.3. The van der Waals surface area contributed by atoms with Crippen molar-refractivity contribution in [3.8, 4) is 0 Å². The Hall–Kier alpha value is -1.24. The van der Waals surface area contributed by atoms with Gasteiger partial charge < -0.3 is 4.42 Å². The predicted molar refractivity (Wildman–Crippen MR) is 66.7 cm³/mol. The van der Waals surface area contributed by atoms with Crippen LogP contribution in [0.1, 0.15) is 50.2 Å². The monoisotopic (exact) mass is 214 g/mol. The largest absolute Gasteiger partial charge is 0.461 e. The van der Waals surface area contributed by atoms with Gasteiger partial charge in [-0.15, -0.1) is 0 Å². The zero-order valence-corrected chi connectivity index (χ0v) is 9.61. The van der Waals surface area contributed by atoms with E-state index in [1.165, 1.54) is 49.7 Å². The first-order valence-electron chi connectivity index (χ1n) is 6.42. The first kappa shape index (κ1) is 9.95. The molecule has 0 bridgehead atoms. The molecule has 1 aliphatic rings. The molecule has 1 saturated carbocycles. The molecule has 16 heavy (non-hydrogen) atoms. The second-order valence-electron chi connectivity index (χ2n) is 4.88. The van der Waals surface area contributed by atoms with E-state index in [0.29, 0.717) is 5.92 Å². The average molecular weight is 214 g/mol. The van der Waals surface area contributed by atoms with E-state index >= 15 is 0 Å². The standard InChI is InChI=1S/C15H18O/c1-2-4-8-12(7-3-1)15-11-13-9-5-6-10-14(13)16-15/h5-6,9-12H,1-4,7-8H2. The first-order valence-corrected chi connectivity index (χ1v) is 6.42. The topological polar surface area (TPSA) is 13.1 Å². The molecule has 0 radical (unpaired) electrons. The molecule has 1 aromatic carbocycles. The van der Waals surface area contributed by atoms with Crippen molar-refractivity contribution >= 4 is 11.0 Å². The van der Waals surface area contributed by atoms with E-state index in [2.05, 4.69) is 24.3 Å². The molecule has 3 rings (SSSR count). The van der Waals surface area contributed by atoms with Crippen molar-refractivity contribution in [3.63, 3.8) is 0 Å². The Morgan fingerprint density at radius 2 is 1.69 bits per heavy atom. The van der Waals surface area contributed by atoms with Crippen molar-refractivity contribution in [2.45, 2.75) is 44.4 Å². The van der Waals surface area contributed by atoms with Gasteiger partial charge in [0.25, 0.3) is 0 Å². The van der Waals surface area contributed by atoms with Gasteiger partial charge in [0, 0.05) is 11.3 Å². The van der Waals surface area contributed by atoms with Crippen LogP contribution in [0.25, 0.3) is 11.0 Å². The lowest BCUT2D eigenvalue weighted by Crippen LogP contribution is -1.94. The van der Waals surface area contributed by atoms with Crippen LogP contribution >= 0.6 is 0 Å². The summed E-state index contributed by atoms with van der Waals surface area (Å²) in [5, 5.41) is 1.25. The molecule has 0 aliphatic heterocycles. The van der Waals surface area contributed by atoms with E-state index in [4.69, 9.17) is 4.42 Å². The lowest BCUT2D eigenvalue weighted by Gasteiger charge is -2.09. The minimum absolute atomic E-state index is 0.662. The second-order valence-corrected chi connectivity index (χ2v) is 4.88. The normalized spacial score (nSPS) is 18.8. The Balaban J connectivity index is 1.92. The second kappa shape index (κ2) is 4.32. The van der Waals surface area contributed by atoms with E-state index in [0.717, 1.165) is 5.58 Å². The number of para-hydroxylation sites is 1. The number of rotatable bonds is 1. The number of furan rings is 1. The Labute approximate surface area is 96.5 Å². The van der Waals surface area contributed by atoms with Gasteiger partial charge in [-0.3, -0.25) is 0 Å². The minimum Gasteiger partial charge on any atom is -0.461 e. The van der Waals surface area contributed by atoms with Crippen LogP contribution in [0.5, 0.6) is 0 Å². The maximum atomic E-state index is 5.96. The molecule has 1 heteroatoms. The van der Waals surface area contributed by atoms with Crippen LogP contribution in [0.2, 0.25) is 0 Å². The van der Waals surface area contributed by atoms with Gasteiger partial charge in [-0.2, -0.15) is 0 Å². The number of benzene rings is 1. The van der Waals surface area contributed by atoms with Crippen LogP contribution < -0.4 is 0 Å². The third-order valence-corrected chi connectivity index (χ3v) is 3.70. The smallest absolute Gasteiger partial charge is 0.134 e. The number of fused-ring (bicyclic) bond motifs is 1. The maximum absolute atomic E-state index is 5.96. The lowest BCUT2D eigenvalue weighted by atomic mass is 9.97. The molecular weight excluding hydrogens is 196 g/mol. The van der Waals surface area contributed by atoms with E-state index in [1.54, 1.807) is 0 Å². The summed E-state index contributed by atoms with van der Waals surface area (Å²) in [6, 6.07) is 10.6. The Morgan fingerprint density at radius 3 is 2.44 bits per heavy atom. The van der Waals surface area contributed by atoms with Gasteiger partial charge >= 0.3 is 0 Å². The fourth-order valence-corrected chi connectivity index (χ4v) is 2.77. The third kappa shape index (κ3) is 1.87. The molecule has 0 spiro atoms. The van der Waals surface area contributed by atoms with Crippen molar-refractivity contribution in [1.29, 1.82) is 0 Å². The Morgan fingerprint density at radius 1 is 0.938 bits per heavy atom. The van der Waals surface area contributed by atoms with E-state index in [-0.39, 0.29) is 0 Å². The summed E-state index contributed by atoms with van der Waals surface area (Å²) < 4.78 is 5.96. The zero-order chi connectivity index (χ0) is 10.8. The maximum Gasteiger partial charge on any atom is 0.134 e. The average Bonchev–Trinajstić information content (AvgIpc) is 2.56. The molecule has 1 heterocycles. The molecular formula is C15H18O. The highest BCUT2D eigenvalue weighted by Crippen LogP contribution is 2.34. The fraction of sp³-hybridized carbons (Fsp3) is 0.467. The quantitative estimate of drug-likeness (QED) is 0.617. The van der Waals surface area contributed by atoms with Gasteiger partial charge in [-0.05, 0) is 25.0 Å². The highest BCUT2D eigenvalue weighted by Gasteiger charge is 2.17. The summed E-state index contributed by atoms with van der Waals surface area (Å²) in [7, 11) is 0. The van der Waals surface area contributed by atoms with Crippen LogP contribution in [0.15, 0.2) is 34.7 Å². The summed E-state index contributed by atoms with van der Waals surface area (Å²) in [5.41, 5.74) is 1.04. The van der Waals surface area contributed by atoms with Gasteiger partial charge in [-0.25, -0.2) is 0 Å². The van der Waals surface area contributed by atoms with Crippen LogP contribution in [0.4, 0.5) is 0 Å². The fourth-order valence-electron chi connectivity index (χ4n) is 2.77. The summed E-state index contributed by atoms with van der Waals surface area (Å²) in [5.74, 6) is 1.87. The molecule has 1 aliphatic carbocycles. The molecule has 1 aromatic heterocycles. The molecule has 1 nitrogen and oxygen atoms in total. The SMILES string of the molecule is c1ccc2oc(C3CCCCCC3)cc2c1. The van der Waals surface area contributed by atoms with Gasteiger partial charge in [0.2, 0.25) is 0 Å². The molecule has 2 aromatic rings. The summed E-state index contributed by atoms with van der Waals surface area (Å²) in [6.07, 6.45) is 8.14. The van der Waals surface area contributed by atoms with Crippen LogP contribution in [0.3, 0.4) is 0 Å². The molecule has 84 valence electrons. The van der Waals surface area contributed by atoms with Crippen LogP contribution in [-0.4, -0.2) is 0 Å². The highest BCUT2D eigenvalue weighted by molar-refractivity contribution is 5.77. The predicted octanol–water partition coefficient (Wildman–Crippen LogP) is 4.87. The van der Waals surface area contributed by atoms with Crippen molar-refractivity contribution in [2.75, 3.05) is 0 Å². The zero-order valence-electron chi connectivity index (χ0n) is 9.61. The minimum atomic E-state index is 0.662. The molecule has 0 unspecified atom stereocenters. The molecule has 0 atom stereocenters. The van der Waals surface area contributed by atoms with E-state index in [1.807, 2.05) is 6.07 Å². The van der Waals surface area contributed by atoms with Gasteiger partial charge in [0.15, 0.2) is 0 Å². The van der Waals surface area contributed by atoms with Crippen molar-refractivity contribution in [2.24, 2.45) is 0 Å². The number of hydrogen-bond donors (Lipinski definition) is 0. The lowest BCUT2D eigenvalue weighted by molar-refractivity contribution is 0.456. The van der Waals surface area contributed by atoms with Crippen molar-refractivity contribution in [3.05, 3.63) is 36.1 Å². The number of hydrogen-bond acceptors (Lipinski definition) is 1. The summed E-state index contributed by atoms with van der Waals surface area (Å²) >= 11 is 0. The first-order chi connectivity index (χ1) is 7.93. The Kier molecular flexibility index (Phi) is 2.69. The summed E-state index contributed by atoms with van der Waals surface area (Å²) in [6.45, 7) is 0. The van der Waals surface area contributed by atoms with Crippen molar-refractivity contribution < 1.29 is 4.42 Å². The van der Waals surface area contributed by atoms with Gasteiger partial charge in [0.1, 0.15) is 11.3 Å². The Bertz CT molecular complexity index is 428. The van der Waals surface area contributed by atoms with E-state index < -0.39 is 0 Å². The third-order valence-electron chi connectivity index (χ3n) is 3.70. The molecule has 0 N–H and O–H groups in total. The van der Waals surface area contributed by atoms with Gasteiger partial charge in [0.05, 0.1) is 0 Å². The summed E-state index contributed by atoms with van der Waals surface area (Å²) in [4.78, 5) is 0. The molecule has 1 fully saturated rings. The molecule has 0 amide bonds.